The van der Waals surface area contributed by atoms with Crippen molar-refractivity contribution in [2.24, 2.45) is 0 Å². The third kappa shape index (κ3) is 2.81. The number of ether oxygens (including phenoxy) is 1. The van der Waals surface area contributed by atoms with Crippen molar-refractivity contribution < 1.29 is 9.53 Å². The molecule has 0 saturated carbocycles. The number of nitrogens with zero attached hydrogens (tertiary/aromatic N) is 1. The van der Waals surface area contributed by atoms with Crippen LogP contribution in [0.15, 0.2) is 42.7 Å². The monoisotopic (exact) mass is 255 g/mol. The number of aromatic nitrogens is 1. The summed E-state index contributed by atoms with van der Waals surface area (Å²) in [5, 5.41) is 0. The summed E-state index contributed by atoms with van der Waals surface area (Å²) in [5.41, 5.74) is 2.35. The normalized spacial score (nSPS) is 10.5. The zero-order valence-corrected chi connectivity index (χ0v) is 11.4. The summed E-state index contributed by atoms with van der Waals surface area (Å²) in [7, 11) is 1.59. The average molecular weight is 255 g/mol. The molecule has 0 unspecified atom stereocenters. The highest BCUT2D eigenvalue weighted by atomic mass is 16.5. The van der Waals surface area contributed by atoms with Gasteiger partial charge in [0.05, 0.1) is 12.7 Å². The van der Waals surface area contributed by atoms with Crippen LogP contribution in [0.3, 0.4) is 0 Å². The Hall–Kier alpha value is -2.16. The molecule has 0 bridgehead atoms. The zero-order chi connectivity index (χ0) is 13.8. The van der Waals surface area contributed by atoms with Crippen molar-refractivity contribution in [3.05, 3.63) is 59.4 Å². The summed E-state index contributed by atoms with van der Waals surface area (Å²) in [6.07, 6.45) is 3.23. The van der Waals surface area contributed by atoms with E-state index in [9.17, 15) is 4.79 Å². The fourth-order valence-electron chi connectivity index (χ4n) is 1.91. The van der Waals surface area contributed by atoms with Gasteiger partial charge in [0.2, 0.25) is 0 Å². The maximum atomic E-state index is 12.4. The molecule has 3 nitrogen and oxygen atoms in total. The highest BCUT2D eigenvalue weighted by molar-refractivity contribution is 6.10. The summed E-state index contributed by atoms with van der Waals surface area (Å²) < 4.78 is 5.34. The van der Waals surface area contributed by atoms with Gasteiger partial charge in [0, 0.05) is 18.0 Å². The summed E-state index contributed by atoms with van der Waals surface area (Å²) in [6, 6.07) is 9.15. The summed E-state index contributed by atoms with van der Waals surface area (Å²) in [6.45, 7) is 4.22. The molecule has 0 fully saturated rings. The molecule has 1 aromatic heterocycles. The van der Waals surface area contributed by atoms with Crippen molar-refractivity contribution in [1.82, 2.24) is 4.98 Å². The second kappa shape index (κ2) is 5.65. The first-order valence-corrected chi connectivity index (χ1v) is 6.26. The van der Waals surface area contributed by atoms with Crippen molar-refractivity contribution in [2.45, 2.75) is 19.8 Å². The second-order valence-corrected chi connectivity index (χ2v) is 4.68. The molecule has 19 heavy (non-hydrogen) atoms. The van der Waals surface area contributed by atoms with Crippen LogP contribution in [-0.4, -0.2) is 17.9 Å². The molecule has 0 aliphatic rings. The Morgan fingerprint density at radius 2 is 1.84 bits per heavy atom. The predicted octanol–water partition coefficient (Wildman–Crippen LogP) is 3.44. The number of hydrogen-bond donors (Lipinski definition) is 0. The Kier molecular flexibility index (Phi) is 3.95. The summed E-state index contributed by atoms with van der Waals surface area (Å²) in [4.78, 5) is 16.3. The van der Waals surface area contributed by atoms with E-state index < -0.39 is 0 Å². The third-order valence-corrected chi connectivity index (χ3v) is 3.08. The molecule has 1 aromatic carbocycles. The van der Waals surface area contributed by atoms with E-state index in [0.717, 1.165) is 5.56 Å². The van der Waals surface area contributed by atoms with E-state index in [4.69, 9.17) is 4.74 Å². The number of ketones is 1. The Morgan fingerprint density at radius 1 is 1.16 bits per heavy atom. The van der Waals surface area contributed by atoms with Crippen molar-refractivity contribution in [2.75, 3.05) is 7.11 Å². The van der Waals surface area contributed by atoms with Crippen LogP contribution in [0, 0.1) is 0 Å². The molecule has 0 amide bonds. The molecule has 0 atom stereocenters. The largest absolute Gasteiger partial charge is 0.496 e. The van der Waals surface area contributed by atoms with Crippen LogP contribution < -0.4 is 4.74 Å². The Balaban J connectivity index is 2.42. The Labute approximate surface area is 113 Å². The molecule has 3 heteroatoms. The Bertz CT molecular complexity index is 577. The lowest BCUT2D eigenvalue weighted by Gasteiger charge is -2.12. The third-order valence-electron chi connectivity index (χ3n) is 3.08. The highest BCUT2D eigenvalue weighted by Crippen LogP contribution is 2.26. The lowest BCUT2D eigenvalue weighted by atomic mass is 9.97. The van der Waals surface area contributed by atoms with Gasteiger partial charge < -0.3 is 4.74 Å². The quantitative estimate of drug-likeness (QED) is 0.785. The van der Waals surface area contributed by atoms with E-state index in [0.29, 0.717) is 22.8 Å². The molecule has 0 saturated heterocycles. The molecule has 1 heterocycles. The van der Waals surface area contributed by atoms with Crippen LogP contribution >= 0.6 is 0 Å². The van der Waals surface area contributed by atoms with Gasteiger partial charge in [-0.15, -0.1) is 0 Å². The van der Waals surface area contributed by atoms with E-state index in [-0.39, 0.29) is 5.78 Å². The van der Waals surface area contributed by atoms with Gasteiger partial charge in [-0.3, -0.25) is 9.78 Å². The van der Waals surface area contributed by atoms with Gasteiger partial charge in [-0.2, -0.15) is 0 Å². The summed E-state index contributed by atoms with van der Waals surface area (Å²) >= 11 is 0. The molecule has 0 radical (unpaired) electrons. The lowest BCUT2D eigenvalue weighted by molar-refractivity contribution is 0.103. The maximum absolute atomic E-state index is 12.4. The number of pyridine rings is 1. The highest BCUT2D eigenvalue weighted by Gasteiger charge is 2.15. The second-order valence-electron chi connectivity index (χ2n) is 4.68. The molecule has 98 valence electrons. The number of hydrogen-bond acceptors (Lipinski definition) is 3. The number of carbonyl (C=O) groups excluding carboxylic acids is 1. The van der Waals surface area contributed by atoms with Gasteiger partial charge in [0.15, 0.2) is 5.78 Å². The fraction of sp³-hybridized carbons (Fsp3) is 0.250. The van der Waals surface area contributed by atoms with Crippen molar-refractivity contribution >= 4 is 5.78 Å². The summed E-state index contributed by atoms with van der Waals surface area (Å²) in [5.74, 6) is 0.974. The van der Waals surface area contributed by atoms with Gasteiger partial charge in [0.1, 0.15) is 5.75 Å². The van der Waals surface area contributed by atoms with Crippen molar-refractivity contribution in [1.29, 1.82) is 0 Å². The first kappa shape index (κ1) is 13.3. The molecular weight excluding hydrogens is 238 g/mol. The minimum Gasteiger partial charge on any atom is -0.496 e. The van der Waals surface area contributed by atoms with Crippen LogP contribution in [0.4, 0.5) is 0 Å². The molecule has 0 aliphatic heterocycles. The molecule has 2 rings (SSSR count). The van der Waals surface area contributed by atoms with Crippen LogP contribution in [0.25, 0.3) is 0 Å². The molecule has 0 spiro atoms. The number of benzene rings is 1. The van der Waals surface area contributed by atoms with Crippen LogP contribution in [0.1, 0.15) is 41.3 Å². The smallest absolute Gasteiger partial charge is 0.196 e. The van der Waals surface area contributed by atoms with Gasteiger partial charge in [-0.05, 0) is 35.7 Å². The first-order chi connectivity index (χ1) is 9.13. The molecule has 0 N–H and O–H groups in total. The van der Waals surface area contributed by atoms with E-state index >= 15 is 0 Å². The van der Waals surface area contributed by atoms with Gasteiger partial charge in [0.25, 0.3) is 0 Å². The van der Waals surface area contributed by atoms with Crippen molar-refractivity contribution in [3.63, 3.8) is 0 Å². The fourth-order valence-corrected chi connectivity index (χ4v) is 1.91. The molecular formula is C16H17NO2. The topological polar surface area (TPSA) is 39.2 Å². The van der Waals surface area contributed by atoms with E-state index in [1.807, 2.05) is 18.2 Å². The van der Waals surface area contributed by atoms with Gasteiger partial charge >= 0.3 is 0 Å². The number of carbonyl (C=O) groups is 1. The molecule has 2 aromatic rings. The zero-order valence-electron chi connectivity index (χ0n) is 11.4. The minimum absolute atomic E-state index is 0.0467. The van der Waals surface area contributed by atoms with Crippen molar-refractivity contribution in [3.8, 4) is 5.75 Å². The maximum Gasteiger partial charge on any atom is 0.196 e. The molecule has 0 aliphatic carbocycles. The number of rotatable bonds is 4. The van der Waals surface area contributed by atoms with E-state index in [1.165, 1.54) is 0 Å². The number of methoxy groups -OCH3 is 1. The van der Waals surface area contributed by atoms with Crippen LogP contribution in [-0.2, 0) is 0 Å². The van der Waals surface area contributed by atoms with E-state index in [2.05, 4.69) is 18.8 Å². The van der Waals surface area contributed by atoms with Gasteiger partial charge in [-0.25, -0.2) is 0 Å². The van der Waals surface area contributed by atoms with Crippen LogP contribution in [0.5, 0.6) is 5.75 Å². The SMILES string of the molecule is COc1cc(C(C)C)ccc1C(=O)c1ccncc1. The van der Waals surface area contributed by atoms with E-state index in [1.54, 1.807) is 31.6 Å². The minimum atomic E-state index is -0.0467. The average Bonchev–Trinajstić information content (AvgIpc) is 2.46. The first-order valence-electron chi connectivity index (χ1n) is 6.26. The lowest BCUT2D eigenvalue weighted by Crippen LogP contribution is -2.05. The standard InChI is InChI=1S/C16H17NO2/c1-11(2)13-4-5-14(15(10-13)19-3)16(18)12-6-8-17-9-7-12/h4-11H,1-3H3. The van der Waals surface area contributed by atoms with Gasteiger partial charge in [-0.1, -0.05) is 19.9 Å². The Morgan fingerprint density at radius 3 is 2.42 bits per heavy atom. The van der Waals surface area contributed by atoms with Crippen LogP contribution in [0.2, 0.25) is 0 Å². The predicted molar refractivity (Wildman–Crippen MR) is 74.8 cm³/mol.